The highest BCUT2D eigenvalue weighted by molar-refractivity contribution is 4.86. The van der Waals surface area contributed by atoms with Crippen LogP contribution in [0.2, 0.25) is 0 Å². The molecule has 1 heterocycles. The maximum absolute atomic E-state index is 4.12. The SMILES string of the molecule is C1CCC(CCn2nnnc2CNC2CC2)CC1. The molecule has 2 aliphatic carbocycles. The topological polar surface area (TPSA) is 55.6 Å². The molecule has 18 heavy (non-hydrogen) atoms. The van der Waals surface area contributed by atoms with Gasteiger partial charge in [0.2, 0.25) is 0 Å². The van der Waals surface area contributed by atoms with Gasteiger partial charge < -0.3 is 5.32 Å². The first-order valence-electron chi connectivity index (χ1n) is 7.40. The Hall–Kier alpha value is -0.970. The fourth-order valence-electron chi connectivity index (χ4n) is 2.83. The third-order valence-electron chi connectivity index (χ3n) is 4.21. The summed E-state index contributed by atoms with van der Waals surface area (Å²) in [6.07, 6.45) is 10.9. The summed E-state index contributed by atoms with van der Waals surface area (Å²) in [6, 6.07) is 0.716. The number of tetrazole rings is 1. The molecule has 100 valence electrons. The Balaban J connectivity index is 1.46. The van der Waals surface area contributed by atoms with Crippen LogP contribution in [-0.2, 0) is 13.1 Å². The molecule has 1 aromatic heterocycles. The highest BCUT2D eigenvalue weighted by Crippen LogP contribution is 2.26. The molecular weight excluding hydrogens is 226 g/mol. The van der Waals surface area contributed by atoms with E-state index >= 15 is 0 Å². The first-order valence-corrected chi connectivity index (χ1v) is 7.40. The first-order chi connectivity index (χ1) is 8.92. The van der Waals surface area contributed by atoms with Crippen LogP contribution < -0.4 is 5.32 Å². The number of hydrogen-bond donors (Lipinski definition) is 1. The lowest BCUT2D eigenvalue weighted by Crippen LogP contribution is -2.20. The van der Waals surface area contributed by atoms with Gasteiger partial charge in [-0.2, -0.15) is 0 Å². The zero-order chi connectivity index (χ0) is 12.2. The number of aryl methyl sites for hydroxylation is 1. The third-order valence-corrected chi connectivity index (χ3v) is 4.21. The van der Waals surface area contributed by atoms with Gasteiger partial charge in [-0.15, -0.1) is 5.10 Å². The van der Waals surface area contributed by atoms with E-state index in [0.29, 0.717) is 6.04 Å². The van der Waals surface area contributed by atoms with E-state index < -0.39 is 0 Å². The molecule has 0 amide bonds. The van der Waals surface area contributed by atoms with Crippen molar-refractivity contribution in [2.75, 3.05) is 0 Å². The van der Waals surface area contributed by atoms with Crippen molar-refractivity contribution < 1.29 is 0 Å². The number of nitrogens with zero attached hydrogens (tertiary/aromatic N) is 4. The summed E-state index contributed by atoms with van der Waals surface area (Å²) in [5, 5.41) is 15.5. The Morgan fingerprint density at radius 1 is 1.11 bits per heavy atom. The van der Waals surface area contributed by atoms with Gasteiger partial charge in [0.25, 0.3) is 0 Å². The standard InChI is InChI=1S/C13H23N5/c1-2-4-11(5-3-1)8-9-18-13(15-16-17-18)10-14-12-6-7-12/h11-12,14H,1-10H2. The van der Waals surface area contributed by atoms with Gasteiger partial charge in [-0.1, -0.05) is 32.1 Å². The second-order valence-corrected chi connectivity index (χ2v) is 5.77. The number of nitrogens with one attached hydrogen (secondary N) is 1. The molecule has 5 heteroatoms. The second kappa shape index (κ2) is 5.78. The van der Waals surface area contributed by atoms with E-state index in [1.807, 2.05) is 4.68 Å². The highest BCUT2D eigenvalue weighted by Gasteiger charge is 2.21. The van der Waals surface area contributed by atoms with Gasteiger partial charge in [-0.25, -0.2) is 4.68 Å². The molecule has 1 N–H and O–H groups in total. The smallest absolute Gasteiger partial charge is 0.165 e. The zero-order valence-corrected chi connectivity index (χ0v) is 11.0. The summed E-state index contributed by atoms with van der Waals surface area (Å²) < 4.78 is 1.99. The average Bonchev–Trinajstić information content (AvgIpc) is 3.14. The molecule has 1 aromatic rings. The van der Waals surface area contributed by atoms with Crippen molar-refractivity contribution in [3.05, 3.63) is 5.82 Å². The van der Waals surface area contributed by atoms with E-state index in [1.54, 1.807) is 0 Å². The van der Waals surface area contributed by atoms with Crippen molar-refractivity contribution in [3.8, 4) is 0 Å². The van der Waals surface area contributed by atoms with Crippen LogP contribution in [0, 0.1) is 5.92 Å². The largest absolute Gasteiger partial charge is 0.307 e. The van der Waals surface area contributed by atoms with Crippen molar-refractivity contribution in [3.63, 3.8) is 0 Å². The van der Waals surface area contributed by atoms with Crippen molar-refractivity contribution in [2.24, 2.45) is 5.92 Å². The maximum Gasteiger partial charge on any atom is 0.165 e. The quantitative estimate of drug-likeness (QED) is 0.836. The Morgan fingerprint density at radius 3 is 2.72 bits per heavy atom. The van der Waals surface area contributed by atoms with Gasteiger partial charge in [0.05, 0.1) is 6.54 Å². The van der Waals surface area contributed by atoms with Gasteiger partial charge in [0, 0.05) is 12.6 Å². The summed E-state index contributed by atoms with van der Waals surface area (Å²) in [5.41, 5.74) is 0. The van der Waals surface area contributed by atoms with Crippen LogP contribution in [0.5, 0.6) is 0 Å². The lowest BCUT2D eigenvalue weighted by atomic mass is 9.87. The lowest BCUT2D eigenvalue weighted by molar-refractivity contribution is 0.315. The van der Waals surface area contributed by atoms with Crippen LogP contribution in [0.25, 0.3) is 0 Å². The van der Waals surface area contributed by atoms with Gasteiger partial charge in [0.1, 0.15) is 0 Å². The summed E-state index contributed by atoms with van der Waals surface area (Å²) in [4.78, 5) is 0. The highest BCUT2D eigenvalue weighted by atomic mass is 15.5. The van der Waals surface area contributed by atoms with Crippen LogP contribution in [-0.4, -0.2) is 26.2 Å². The van der Waals surface area contributed by atoms with Gasteiger partial charge in [-0.3, -0.25) is 0 Å². The summed E-state index contributed by atoms with van der Waals surface area (Å²) in [6.45, 7) is 1.81. The molecule has 2 fully saturated rings. The van der Waals surface area contributed by atoms with E-state index in [0.717, 1.165) is 24.8 Å². The minimum absolute atomic E-state index is 0.716. The predicted octanol–water partition coefficient (Wildman–Crippen LogP) is 1.90. The van der Waals surface area contributed by atoms with Crippen LogP contribution >= 0.6 is 0 Å². The Bertz CT molecular complexity index is 365. The molecule has 0 aromatic carbocycles. The number of hydrogen-bond acceptors (Lipinski definition) is 4. The van der Waals surface area contributed by atoms with Crippen LogP contribution in [0.3, 0.4) is 0 Å². The van der Waals surface area contributed by atoms with Crippen molar-refractivity contribution in [1.29, 1.82) is 0 Å². The molecule has 5 nitrogen and oxygen atoms in total. The maximum atomic E-state index is 4.12. The summed E-state index contributed by atoms with van der Waals surface area (Å²) in [5.74, 6) is 1.89. The fraction of sp³-hybridized carbons (Fsp3) is 0.923. The number of aromatic nitrogens is 4. The Morgan fingerprint density at radius 2 is 1.94 bits per heavy atom. The summed E-state index contributed by atoms with van der Waals surface area (Å²) >= 11 is 0. The molecule has 2 saturated carbocycles. The van der Waals surface area contributed by atoms with E-state index in [9.17, 15) is 0 Å². The van der Waals surface area contributed by atoms with E-state index in [-0.39, 0.29) is 0 Å². The van der Waals surface area contributed by atoms with Crippen LogP contribution in [0.15, 0.2) is 0 Å². The summed E-state index contributed by atoms with van der Waals surface area (Å²) in [7, 11) is 0. The van der Waals surface area contributed by atoms with Gasteiger partial charge in [0.15, 0.2) is 5.82 Å². The van der Waals surface area contributed by atoms with E-state index in [2.05, 4.69) is 20.8 Å². The van der Waals surface area contributed by atoms with Crippen LogP contribution in [0.4, 0.5) is 0 Å². The fourth-order valence-corrected chi connectivity index (χ4v) is 2.83. The Labute approximate surface area is 108 Å². The molecular formula is C13H23N5. The van der Waals surface area contributed by atoms with Gasteiger partial charge in [-0.05, 0) is 35.6 Å². The van der Waals surface area contributed by atoms with Crippen molar-refractivity contribution in [1.82, 2.24) is 25.5 Å². The minimum atomic E-state index is 0.716. The van der Waals surface area contributed by atoms with E-state index in [4.69, 9.17) is 0 Å². The second-order valence-electron chi connectivity index (χ2n) is 5.77. The molecule has 0 spiro atoms. The predicted molar refractivity (Wildman–Crippen MR) is 68.9 cm³/mol. The molecule has 2 aliphatic rings. The molecule has 0 saturated heterocycles. The van der Waals surface area contributed by atoms with Crippen LogP contribution in [0.1, 0.15) is 57.2 Å². The number of rotatable bonds is 6. The van der Waals surface area contributed by atoms with Gasteiger partial charge >= 0.3 is 0 Å². The molecule has 0 unspecified atom stereocenters. The normalized spacial score (nSPS) is 21.3. The lowest BCUT2D eigenvalue weighted by Gasteiger charge is -2.21. The molecule has 3 rings (SSSR count). The molecule has 0 radical (unpaired) electrons. The molecule has 0 atom stereocenters. The Kier molecular flexibility index (Phi) is 3.88. The van der Waals surface area contributed by atoms with Crippen molar-refractivity contribution >= 4 is 0 Å². The monoisotopic (exact) mass is 249 g/mol. The molecule has 0 aliphatic heterocycles. The molecule has 0 bridgehead atoms. The van der Waals surface area contributed by atoms with E-state index in [1.165, 1.54) is 51.4 Å². The van der Waals surface area contributed by atoms with Crippen molar-refractivity contribution in [2.45, 2.75) is 70.5 Å². The minimum Gasteiger partial charge on any atom is -0.307 e. The third kappa shape index (κ3) is 3.28. The first kappa shape index (κ1) is 12.1. The average molecular weight is 249 g/mol. The zero-order valence-electron chi connectivity index (χ0n) is 11.0.